The maximum Gasteiger partial charge on any atom is 0.139 e. The standard InChI is InChI=1S/C25H26N4O2/c1-15-21(30)7-6-16-17-8-9-24(2)14-25(17,11-22(24)31)18(23(15)16)12-29-13-20(27-28-29)19-5-3-4-10-26-19/h3-7,10,13,17-18,30H,8-9,11-12,14H2,1-2H3/t17-,18-,24-,25+/m0/s1. The van der Waals surface area contributed by atoms with Crippen molar-refractivity contribution in [3.63, 3.8) is 0 Å². The largest absolute Gasteiger partial charge is 0.508 e. The summed E-state index contributed by atoms with van der Waals surface area (Å²) in [5, 5.41) is 19.3. The predicted molar refractivity (Wildman–Crippen MR) is 116 cm³/mol. The van der Waals surface area contributed by atoms with Gasteiger partial charge in [-0.05, 0) is 72.4 Å². The number of aromatic nitrogens is 4. The van der Waals surface area contributed by atoms with Crippen molar-refractivity contribution in [1.82, 2.24) is 20.0 Å². The van der Waals surface area contributed by atoms with Gasteiger partial charge < -0.3 is 5.11 Å². The first-order valence-corrected chi connectivity index (χ1v) is 11.1. The Morgan fingerprint density at radius 2 is 2.10 bits per heavy atom. The summed E-state index contributed by atoms with van der Waals surface area (Å²) in [6.07, 6.45) is 7.23. The van der Waals surface area contributed by atoms with Gasteiger partial charge in [0.05, 0.1) is 18.4 Å². The van der Waals surface area contributed by atoms with Gasteiger partial charge >= 0.3 is 0 Å². The van der Waals surface area contributed by atoms with Gasteiger partial charge in [0, 0.05) is 24.0 Å². The Morgan fingerprint density at radius 1 is 1.23 bits per heavy atom. The molecule has 1 aromatic carbocycles. The molecule has 3 aromatic rings. The van der Waals surface area contributed by atoms with E-state index in [9.17, 15) is 9.90 Å². The Bertz CT molecular complexity index is 1200. The molecule has 1 N–H and O–H groups in total. The van der Waals surface area contributed by atoms with Gasteiger partial charge in [-0.15, -0.1) is 5.10 Å². The Morgan fingerprint density at radius 3 is 2.90 bits per heavy atom. The second-order valence-corrected chi connectivity index (χ2v) is 9.97. The van der Waals surface area contributed by atoms with Crippen LogP contribution in [-0.4, -0.2) is 30.9 Å². The summed E-state index contributed by atoms with van der Waals surface area (Å²) in [5.74, 6) is 1.23. The van der Waals surface area contributed by atoms with E-state index in [1.165, 1.54) is 11.1 Å². The number of aromatic hydroxyl groups is 1. The van der Waals surface area contributed by atoms with Gasteiger partial charge in [0.15, 0.2) is 0 Å². The van der Waals surface area contributed by atoms with E-state index in [2.05, 4.69) is 28.3 Å². The number of phenols is 1. The number of nitrogens with zero attached hydrogens (tertiary/aromatic N) is 4. The van der Waals surface area contributed by atoms with Crippen molar-refractivity contribution in [2.75, 3.05) is 0 Å². The average Bonchev–Trinajstić information content (AvgIpc) is 3.39. The van der Waals surface area contributed by atoms with E-state index < -0.39 is 0 Å². The third-order valence-corrected chi connectivity index (χ3v) is 8.33. The van der Waals surface area contributed by atoms with E-state index in [4.69, 9.17) is 0 Å². The lowest BCUT2D eigenvalue weighted by Crippen LogP contribution is -2.35. The molecule has 4 atom stereocenters. The van der Waals surface area contributed by atoms with E-state index >= 15 is 0 Å². The molecule has 0 unspecified atom stereocenters. The Balaban J connectivity index is 1.45. The third kappa shape index (κ3) is 2.51. The zero-order valence-corrected chi connectivity index (χ0v) is 17.9. The number of fused-ring (bicyclic) bond motifs is 3. The summed E-state index contributed by atoms with van der Waals surface area (Å²) < 4.78 is 1.90. The molecule has 158 valence electrons. The second-order valence-electron chi connectivity index (χ2n) is 9.97. The first-order valence-electron chi connectivity index (χ1n) is 11.1. The van der Waals surface area contributed by atoms with Crippen LogP contribution in [0.2, 0.25) is 0 Å². The van der Waals surface area contributed by atoms with Crippen molar-refractivity contribution in [3.8, 4) is 17.1 Å². The Hall–Kier alpha value is -3.02. The number of pyridine rings is 1. The molecule has 6 nitrogen and oxygen atoms in total. The highest BCUT2D eigenvalue weighted by molar-refractivity contribution is 5.89. The van der Waals surface area contributed by atoms with E-state index in [0.717, 1.165) is 36.2 Å². The average molecular weight is 415 g/mol. The first-order chi connectivity index (χ1) is 14.9. The summed E-state index contributed by atoms with van der Waals surface area (Å²) in [7, 11) is 0. The van der Waals surface area contributed by atoms with Crippen LogP contribution in [-0.2, 0) is 11.3 Å². The maximum atomic E-state index is 13.1. The van der Waals surface area contributed by atoms with Crippen LogP contribution in [0.3, 0.4) is 0 Å². The highest BCUT2D eigenvalue weighted by Crippen LogP contribution is 2.72. The molecule has 6 rings (SSSR count). The van der Waals surface area contributed by atoms with E-state index in [0.29, 0.717) is 30.4 Å². The van der Waals surface area contributed by atoms with Crippen LogP contribution in [0.25, 0.3) is 11.4 Å². The zero-order chi connectivity index (χ0) is 21.4. The fourth-order valence-corrected chi connectivity index (χ4v) is 6.85. The lowest BCUT2D eigenvalue weighted by Gasteiger charge is -2.42. The van der Waals surface area contributed by atoms with Gasteiger partial charge in [-0.3, -0.25) is 14.5 Å². The molecule has 2 saturated carbocycles. The van der Waals surface area contributed by atoms with Crippen molar-refractivity contribution in [1.29, 1.82) is 0 Å². The number of benzene rings is 1. The molecule has 0 radical (unpaired) electrons. The molecule has 6 heteroatoms. The lowest BCUT2D eigenvalue weighted by molar-refractivity contribution is -0.125. The number of rotatable bonds is 3. The topological polar surface area (TPSA) is 80.9 Å². The Labute approximate surface area is 181 Å². The van der Waals surface area contributed by atoms with E-state index in [1.54, 1.807) is 6.20 Å². The predicted octanol–water partition coefficient (Wildman–Crippen LogP) is 4.38. The van der Waals surface area contributed by atoms with Crippen molar-refractivity contribution in [3.05, 3.63) is 59.4 Å². The molecule has 3 aliphatic carbocycles. The number of carbonyl (C=O) groups excluding carboxylic acids is 1. The fourth-order valence-electron chi connectivity index (χ4n) is 6.85. The summed E-state index contributed by atoms with van der Waals surface area (Å²) in [4.78, 5) is 17.5. The smallest absolute Gasteiger partial charge is 0.139 e. The van der Waals surface area contributed by atoms with Crippen molar-refractivity contribution in [2.45, 2.75) is 57.9 Å². The number of phenolic OH excluding ortho intramolecular Hbond substituents is 1. The quantitative estimate of drug-likeness (QED) is 0.688. The molecule has 3 aliphatic rings. The molecule has 1 spiro atoms. The number of carbonyl (C=O) groups is 1. The molecule has 0 aliphatic heterocycles. The van der Waals surface area contributed by atoms with Gasteiger partial charge in [0.2, 0.25) is 0 Å². The molecular weight excluding hydrogens is 388 g/mol. The highest BCUT2D eigenvalue weighted by Gasteiger charge is 2.65. The number of ketones is 1. The van der Waals surface area contributed by atoms with Crippen LogP contribution in [0.15, 0.2) is 42.7 Å². The number of hydrogen-bond acceptors (Lipinski definition) is 5. The monoisotopic (exact) mass is 414 g/mol. The lowest BCUT2D eigenvalue weighted by atomic mass is 9.61. The molecule has 2 bridgehead atoms. The summed E-state index contributed by atoms with van der Waals surface area (Å²) in [5.41, 5.74) is 4.72. The normalized spacial score (nSPS) is 31.0. The van der Waals surface area contributed by atoms with Gasteiger partial charge in [-0.1, -0.05) is 24.3 Å². The van der Waals surface area contributed by atoms with Gasteiger partial charge in [0.1, 0.15) is 17.2 Å². The molecule has 31 heavy (non-hydrogen) atoms. The minimum absolute atomic E-state index is 0.0952. The van der Waals surface area contributed by atoms with Crippen LogP contribution in [0.5, 0.6) is 5.75 Å². The molecule has 2 aromatic heterocycles. The Kier molecular flexibility index (Phi) is 3.78. The number of Topliss-reactive ketones (excluding diaryl/α,β-unsaturated/α-hetero) is 1. The van der Waals surface area contributed by atoms with E-state index in [-0.39, 0.29) is 16.7 Å². The highest BCUT2D eigenvalue weighted by atomic mass is 16.3. The van der Waals surface area contributed by atoms with Crippen LogP contribution in [0.4, 0.5) is 0 Å². The minimum atomic E-state index is -0.214. The summed E-state index contributed by atoms with van der Waals surface area (Å²) >= 11 is 0. The minimum Gasteiger partial charge on any atom is -0.508 e. The van der Waals surface area contributed by atoms with Crippen LogP contribution < -0.4 is 0 Å². The number of hydrogen-bond donors (Lipinski definition) is 1. The maximum absolute atomic E-state index is 13.1. The zero-order valence-electron chi connectivity index (χ0n) is 17.9. The molecule has 0 saturated heterocycles. The van der Waals surface area contributed by atoms with Crippen molar-refractivity contribution >= 4 is 5.78 Å². The van der Waals surface area contributed by atoms with Crippen molar-refractivity contribution < 1.29 is 9.90 Å². The fraction of sp³-hybridized carbons (Fsp3) is 0.440. The van der Waals surface area contributed by atoms with Crippen LogP contribution in [0, 0.1) is 17.8 Å². The first kappa shape index (κ1) is 18.7. The SMILES string of the molecule is Cc1c(O)ccc2c1[C@H](Cn1cc(-c3ccccn3)nn1)[C@@]13CC(=O)[C@@](C)(CC[C@@H]21)C3. The molecular formula is C25H26N4O2. The summed E-state index contributed by atoms with van der Waals surface area (Å²) in [6.45, 7) is 4.81. The molecule has 2 fully saturated rings. The third-order valence-electron chi connectivity index (χ3n) is 8.33. The molecule has 0 amide bonds. The van der Waals surface area contributed by atoms with Gasteiger partial charge in [-0.25, -0.2) is 0 Å². The van der Waals surface area contributed by atoms with Crippen LogP contribution in [0.1, 0.15) is 61.1 Å². The molecule has 2 heterocycles. The van der Waals surface area contributed by atoms with E-state index in [1.807, 2.05) is 42.1 Å². The van der Waals surface area contributed by atoms with Gasteiger partial charge in [0.25, 0.3) is 0 Å². The van der Waals surface area contributed by atoms with Crippen molar-refractivity contribution in [2.24, 2.45) is 10.8 Å². The van der Waals surface area contributed by atoms with Crippen LogP contribution >= 0.6 is 0 Å². The second kappa shape index (κ2) is 6.25. The summed E-state index contributed by atoms with van der Waals surface area (Å²) in [6, 6.07) is 9.67. The van der Waals surface area contributed by atoms with Gasteiger partial charge in [-0.2, -0.15) is 0 Å².